The van der Waals surface area contributed by atoms with E-state index in [4.69, 9.17) is 5.73 Å². The Labute approximate surface area is 112 Å². The van der Waals surface area contributed by atoms with Crippen molar-refractivity contribution >= 4 is 24.0 Å². The number of halogens is 1. The molecule has 1 aromatic heterocycles. The maximum absolute atomic E-state index is 12.0. The number of hydrogen-bond donors (Lipinski definition) is 2. The number of amides is 1. The number of pyridine rings is 1. The second kappa shape index (κ2) is 5.54. The van der Waals surface area contributed by atoms with Crippen molar-refractivity contribution in [3.8, 4) is 0 Å². The van der Waals surface area contributed by atoms with Crippen LogP contribution < -0.4 is 16.6 Å². The van der Waals surface area contributed by atoms with Gasteiger partial charge in [-0.15, -0.1) is 12.4 Å². The van der Waals surface area contributed by atoms with Crippen LogP contribution in [-0.2, 0) is 11.8 Å². The fourth-order valence-electron chi connectivity index (χ4n) is 2.17. The number of carbonyl (C=O) groups is 1. The Morgan fingerprint density at radius 3 is 2.67 bits per heavy atom. The summed E-state index contributed by atoms with van der Waals surface area (Å²) < 4.78 is 1.42. The van der Waals surface area contributed by atoms with Crippen LogP contribution in [0.4, 0.5) is 5.69 Å². The Kier molecular flexibility index (Phi) is 4.53. The van der Waals surface area contributed by atoms with E-state index in [1.54, 1.807) is 25.4 Å². The van der Waals surface area contributed by atoms with Crippen LogP contribution in [0.25, 0.3) is 0 Å². The summed E-state index contributed by atoms with van der Waals surface area (Å²) in [5, 5.41) is 2.64. The maximum Gasteiger partial charge on any atom is 0.274 e. The van der Waals surface area contributed by atoms with Gasteiger partial charge in [-0.1, -0.05) is 12.8 Å². The van der Waals surface area contributed by atoms with Crippen LogP contribution in [0, 0.1) is 0 Å². The third kappa shape index (κ3) is 2.73. The summed E-state index contributed by atoms with van der Waals surface area (Å²) in [7, 11) is 1.64. The number of aromatic nitrogens is 1. The van der Waals surface area contributed by atoms with Gasteiger partial charge in [-0.05, 0) is 25.0 Å². The van der Waals surface area contributed by atoms with Crippen molar-refractivity contribution in [2.24, 2.45) is 12.8 Å². The minimum absolute atomic E-state index is 0. The van der Waals surface area contributed by atoms with Gasteiger partial charge in [-0.25, -0.2) is 0 Å². The first kappa shape index (κ1) is 14.7. The van der Waals surface area contributed by atoms with Crippen molar-refractivity contribution in [3.05, 3.63) is 28.7 Å². The van der Waals surface area contributed by atoms with Crippen LogP contribution in [-0.4, -0.2) is 16.0 Å². The number of rotatable bonds is 2. The average Bonchev–Trinajstić information content (AvgIpc) is 2.73. The molecule has 1 amide bonds. The van der Waals surface area contributed by atoms with E-state index in [1.807, 2.05) is 0 Å². The van der Waals surface area contributed by atoms with E-state index in [9.17, 15) is 9.59 Å². The summed E-state index contributed by atoms with van der Waals surface area (Å²) in [6.45, 7) is 0. The molecule has 18 heavy (non-hydrogen) atoms. The van der Waals surface area contributed by atoms with Crippen molar-refractivity contribution in [3.63, 3.8) is 0 Å². The fourth-order valence-corrected chi connectivity index (χ4v) is 2.17. The van der Waals surface area contributed by atoms with Crippen LogP contribution in [0.3, 0.4) is 0 Å². The number of anilines is 1. The number of nitrogens with one attached hydrogen (secondary N) is 1. The number of nitrogens with zero attached hydrogens (tertiary/aromatic N) is 1. The number of carbonyl (C=O) groups excluding carboxylic acids is 1. The lowest BCUT2D eigenvalue weighted by Gasteiger charge is -2.22. The molecule has 3 N–H and O–H groups in total. The van der Waals surface area contributed by atoms with E-state index in [0.717, 1.165) is 12.8 Å². The van der Waals surface area contributed by atoms with Gasteiger partial charge in [-0.2, -0.15) is 0 Å². The zero-order chi connectivity index (χ0) is 12.5. The summed E-state index contributed by atoms with van der Waals surface area (Å²) in [6, 6.07) is 3.31. The second-order valence-electron chi connectivity index (χ2n) is 4.66. The molecule has 1 fully saturated rings. The normalized spacial score (nSPS) is 17.0. The predicted molar refractivity (Wildman–Crippen MR) is 72.9 cm³/mol. The average molecular weight is 272 g/mol. The van der Waals surface area contributed by atoms with Crippen LogP contribution in [0.1, 0.15) is 25.7 Å². The minimum atomic E-state index is -0.805. The molecule has 0 aromatic carbocycles. The number of aryl methyl sites for hydroxylation is 1. The topological polar surface area (TPSA) is 77.1 Å². The lowest BCUT2D eigenvalue weighted by molar-refractivity contribution is -0.121. The molecule has 6 heteroatoms. The Hall–Kier alpha value is -1.33. The fraction of sp³-hybridized carbons (Fsp3) is 0.500. The molecule has 0 unspecified atom stereocenters. The standard InChI is InChI=1S/C12H17N3O2.ClH/c1-15-8-4-5-9(10(15)16)14-11(17)12(13)6-2-3-7-12;/h4-5,8H,2-3,6-7,13H2,1H3,(H,14,17);1H. The molecular weight excluding hydrogens is 254 g/mol. The third-order valence-electron chi connectivity index (χ3n) is 3.32. The first-order valence-corrected chi connectivity index (χ1v) is 5.79. The molecule has 100 valence electrons. The van der Waals surface area contributed by atoms with E-state index in [-0.39, 0.29) is 29.6 Å². The molecule has 1 heterocycles. The Balaban J connectivity index is 0.00000162. The zero-order valence-corrected chi connectivity index (χ0v) is 11.1. The molecule has 0 spiro atoms. The van der Waals surface area contributed by atoms with Gasteiger partial charge in [0.25, 0.3) is 5.56 Å². The van der Waals surface area contributed by atoms with E-state index in [0.29, 0.717) is 12.8 Å². The molecule has 0 saturated heterocycles. The second-order valence-corrected chi connectivity index (χ2v) is 4.66. The van der Waals surface area contributed by atoms with E-state index in [1.165, 1.54) is 4.57 Å². The molecule has 0 radical (unpaired) electrons. The van der Waals surface area contributed by atoms with Crippen LogP contribution >= 0.6 is 12.4 Å². The molecule has 0 bridgehead atoms. The van der Waals surface area contributed by atoms with Gasteiger partial charge in [0, 0.05) is 13.2 Å². The van der Waals surface area contributed by atoms with Gasteiger partial charge in [0.1, 0.15) is 5.69 Å². The Morgan fingerprint density at radius 1 is 1.44 bits per heavy atom. The van der Waals surface area contributed by atoms with E-state index in [2.05, 4.69) is 5.32 Å². The number of nitrogens with two attached hydrogens (primary N) is 1. The molecule has 2 rings (SSSR count). The van der Waals surface area contributed by atoms with Crippen molar-refractivity contribution in [2.45, 2.75) is 31.2 Å². The van der Waals surface area contributed by atoms with Crippen molar-refractivity contribution in [1.29, 1.82) is 0 Å². The summed E-state index contributed by atoms with van der Waals surface area (Å²) in [6.07, 6.45) is 4.96. The quantitative estimate of drug-likeness (QED) is 0.843. The molecule has 1 aromatic rings. The monoisotopic (exact) mass is 271 g/mol. The third-order valence-corrected chi connectivity index (χ3v) is 3.32. The van der Waals surface area contributed by atoms with Gasteiger partial charge < -0.3 is 15.6 Å². The first-order valence-electron chi connectivity index (χ1n) is 5.79. The van der Waals surface area contributed by atoms with Gasteiger partial charge >= 0.3 is 0 Å². The van der Waals surface area contributed by atoms with Crippen molar-refractivity contribution in [1.82, 2.24) is 4.57 Å². The predicted octanol–water partition coefficient (Wildman–Crippen LogP) is 1.02. The van der Waals surface area contributed by atoms with Crippen LogP contribution in [0.15, 0.2) is 23.1 Å². The highest BCUT2D eigenvalue weighted by Crippen LogP contribution is 2.27. The highest BCUT2D eigenvalue weighted by molar-refractivity contribution is 5.98. The van der Waals surface area contributed by atoms with Gasteiger partial charge in [0.2, 0.25) is 5.91 Å². The number of hydrogen-bond acceptors (Lipinski definition) is 3. The molecule has 5 nitrogen and oxygen atoms in total. The molecule has 0 aliphatic heterocycles. The first-order chi connectivity index (χ1) is 8.03. The van der Waals surface area contributed by atoms with Crippen LogP contribution in [0.5, 0.6) is 0 Å². The lowest BCUT2D eigenvalue weighted by atomic mass is 9.98. The van der Waals surface area contributed by atoms with Gasteiger partial charge in [0.05, 0.1) is 5.54 Å². The van der Waals surface area contributed by atoms with Crippen LogP contribution in [0.2, 0.25) is 0 Å². The van der Waals surface area contributed by atoms with E-state index < -0.39 is 5.54 Å². The summed E-state index contributed by atoms with van der Waals surface area (Å²) in [5.74, 6) is -0.252. The molecule has 1 aliphatic rings. The highest BCUT2D eigenvalue weighted by atomic mass is 35.5. The zero-order valence-electron chi connectivity index (χ0n) is 10.3. The summed E-state index contributed by atoms with van der Waals surface area (Å²) in [4.78, 5) is 23.7. The van der Waals surface area contributed by atoms with Crippen molar-refractivity contribution in [2.75, 3.05) is 5.32 Å². The Morgan fingerprint density at radius 2 is 2.06 bits per heavy atom. The molecular formula is C12H18ClN3O2. The molecule has 1 saturated carbocycles. The SMILES string of the molecule is Cl.Cn1cccc(NC(=O)C2(N)CCCC2)c1=O. The molecule has 0 atom stereocenters. The minimum Gasteiger partial charge on any atom is -0.320 e. The highest BCUT2D eigenvalue weighted by Gasteiger charge is 2.37. The smallest absolute Gasteiger partial charge is 0.274 e. The molecule has 1 aliphatic carbocycles. The van der Waals surface area contributed by atoms with E-state index >= 15 is 0 Å². The lowest BCUT2D eigenvalue weighted by Crippen LogP contribution is -2.49. The maximum atomic E-state index is 12.0. The van der Waals surface area contributed by atoms with Gasteiger partial charge in [-0.3, -0.25) is 9.59 Å². The Bertz CT molecular complexity index is 492. The summed E-state index contributed by atoms with van der Waals surface area (Å²) in [5.41, 5.74) is 5.28. The summed E-state index contributed by atoms with van der Waals surface area (Å²) >= 11 is 0. The van der Waals surface area contributed by atoms with Gasteiger partial charge in [0.15, 0.2) is 0 Å². The largest absolute Gasteiger partial charge is 0.320 e. The van der Waals surface area contributed by atoms with Crippen molar-refractivity contribution < 1.29 is 4.79 Å².